The third-order valence-corrected chi connectivity index (χ3v) is 3.33. The van der Waals surface area contributed by atoms with E-state index in [1.165, 1.54) is 23.0 Å². The molecule has 0 aliphatic heterocycles. The van der Waals surface area contributed by atoms with Crippen molar-refractivity contribution in [2.24, 2.45) is 7.05 Å². The van der Waals surface area contributed by atoms with Crippen molar-refractivity contribution in [3.63, 3.8) is 0 Å². The fourth-order valence-corrected chi connectivity index (χ4v) is 2.15. The monoisotopic (exact) mass is 299 g/mol. The number of fused-ring (bicyclic) bond motifs is 1. The van der Waals surface area contributed by atoms with Crippen molar-refractivity contribution in [3.05, 3.63) is 58.9 Å². The van der Waals surface area contributed by atoms with E-state index in [1.807, 2.05) is 0 Å². The summed E-state index contributed by atoms with van der Waals surface area (Å²) in [6.07, 6.45) is 1.48. The van der Waals surface area contributed by atoms with Gasteiger partial charge in [0.2, 0.25) is 0 Å². The van der Waals surface area contributed by atoms with Crippen LogP contribution in [0.2, 0.25) is 0 Å². The van der Waals surface area contributed by atoms with Crippen molar-refractivity contribution >= 4 is 16.6 Å². The summed E-state index contributed by atoms with van der Waals surface area (Å²) in [5.41, 5.74) is 0.798. The predicted octanol–water partition coefficient (Wildman–Crippen LogP) is 2.91. The molecule has 0 aliphatic rings. The van der Waals surface area contributed by atoms with Crippen LogP contribution in [0.1, 0.15) is 0 Å². The van der Waals surface area contributed by atoms with Crippen LogP contribution in [0.5, 0.6) is 11.5 Å². The molecule has 0 aliphatic carbocycles. The van der Waals surface area contributed by atoms with Gasteiger partial charge in [0.1, 0.15) is 17.3 Å². The van der Waals surface area contributed by atoms with E-state index in [-0.39, 0.29) is 11.4 Å². The van der Waals surface area contributed by atoms with E-state index >= 15 is 0 Å². The molecule has 0 amide bonds. The number of anilines is 1. The molecule has 0 spiro atoms. The lowest BCUT2D eigenvalue weighted by Crippen LogP contribution is -2.16. The highest BCUT2D eigenvalue weighted by Gasteiger charge is 2.07. The number of benzene rings is 2. The van der Waals surface area contributed by atoms with Gasteiger partial charge in [-0.1, -0.05) is 0 Å². The first-order valence-corrected chi connectivity index (χ1v) is 6.69. The number of halogens is 1. The lowest BCUT2D eigenvalue weighted by molar-refractivity contribution is 0.481. The van der Waals surface area contributed by atoms with Gasteiger partial charge in [-0.2, -0.15) is 0 Å². The minimum Gasteiger partial charge on any atom is -0.457 e. The van der Waals surface area contributed by atoms with Gasteiger partial charge in [-0.3, -0.25) is 4.79 Å². The molecule has 2 aromatic carbocycles. The largest absolute Gasteiger partial charge is 0.457 e. The Morgan fingerprint density at radius 3 is 2.68 bits per heavy atom. The van der Waals surface area contributed by atoms with E-state index in [0.717, 1.165) is 0 Å². The maximum Gasteiger partial charge on any atom is 0.261 e. The molecule has 3 rings (SSSR count). The van der Waals surface area contributed by atoms with Crippen LogP contribution in [0.25, 0.3) is 10.9 Å². The van der Waals surface area contributed by atoms with Crippen molar-refractivity contribution in [1.82, 2.24) is 9.55 Å². The molecular formula is C16H14FN3O2. The Kier molecular flexibility index (Phi) is 3.50. The second kappa shape index (κ2) is 5.48. The summed E-state index contributed by atoms with van der Waals surface area (Å²) in [7, 11) is 3.27. The SMILES string of the molecule is CNc1cc(Oc2ccc3ncn(C)c(=O)c3c2)ccc1F. The van der Waals surface area contributed by atoms with Crippen LogP contribution in [-0.2, 0) is 7.05 Å². The number of ether oxygens (including phenoxy) is 1. The van der Waals surface area contributed by atoms with Crippen LogP contribution in [-0.4, -0.2) is 16.6 Å². The van der Waals surface area contributed by atoms with Crippen LogP contribution < -0.4 is 15.6 Å². The predicted molar refractivity (Wildman–Crippen MR) is 83.0 cm³/mol. The molecule has 0 atom stereocenters. The van der Waals surface area contributed by atoms with Gasteiger partial charge in [-0.25, -0.2) is 9.37 Å². The molecule has 0 bridgehead atoms. The molecule has 0 saturated carbocycles. The Hall–Kier alpha value is -2.89. The summed E-state index contributed by atoms with van der Waals surface area (Å²) in [6.45, 7) is 0. The van der Waals surface area contributed by atoms with E-state index in [0.29, 0.717) is 28.1 Å². The van der Waals surface area contributed by atoms with Crippen molar-refractivity contribution in [3.8, 4) is 11.5 Å². The number of aromatic nitrogens is 2. The van der Waals surface area contributed by atoms with E-state index < -0.39 is 0 Å². The Bertz CT molecular complexity index is 906. The zero-order valence-corrected chi connectivity index (χ0v) is 12.1. The number of nitrogens with zero attached hydrogens (tertiary/aromatic N) is 2. The average molecular weight is 299 g/mol. The average Bonchev–Trinajstić information content (AvgIpc) is 2.53. The van der Waals surface area contributed by atoms with Crippen LogP contribution in [0.15, 0.2) is 47.5 Å². The minimum absolute atomic E-state index is 0.148. The quantitative estimate of drug-likeness (QED) is 0.808. The van der Waals surface area contributed by atoms with Gasteiger partial charge in [0, 0.05) is 20.2 Å². The van der Waals surface area contributed by atoms with Crippen molar-refractivity contribution in [2.45, 2.75) is 0 Å². The van der Waals surface area contributed by atoms with Gasteiger partial charge < -0.3 is 14.6 Å². The van der Waals surface area contributed by atoms with Gasteiger partial charge >= 0.3 is 0 Å². The Morgan fingerprint density at radius 1 is 1.18 bits per heavy atom. The summed E-state index contributed by atoms with van der Waals surface area (Å²) < 4.78 is 20.5. The summed E-state index contributed by atoms with van der Waals surface area (Å²) >= 11 is 0. The lowest BCUT2D eigenvalue weighted by atomic mass is 10.2. The molecular weight excluding hydrogens is 285 g/mol. The first kappa shape index (κ1) is 14.1. The summed E-state index contributed by atoms with van der Waals surface area (Å²) in [6, 6.07) is 9.48. The van der Waals surface area contributed by atoms with Crippen LogP contribution in [0.4, 0.5) is 10.1 Å². The van der Waals surface area contributed by atoms with Crippen LogP contribution in [0, 0.1) is 5.82 Å². The zero-order valence-electron chi connectivity index (χ0n) is 12.1. The Morgan fingerprint density at radius 2 is 1.91 bits per heavy atom. The number of aryl methyl sites for hydroxylation is 1. The molecule has 0 unspecified atom stereocenters. The van der Waals surface area contributed by atoms with E-state index in [4.69, 9.17) is 4.74 Å². The number of hydrogen-bond acceptors (Lipinski definition) is 4. The highest BCUT2D eigenvalue weighted by atomic mass is 19.1. The fourth-order valence-electron chi connectivity index (χ4n) is 2.15. The third-order valence-electron chi connectivity index (χ3n) is 3.33. The van der Waals surface area contributed by atoms with Gasteiger partial charge in [0.05, 0.1) is 22.9 Å². The molecule has 5 nitrogen and oxygen atoms in total. The van der Waals surface area contributed by atoms with E-state index in [1.54, 1.807) is 38.4 Å². The molecule has 1 aromatic heterocycles. The topological polar surface area (TPSA) is 56.1 Å². The first-order valence-electron chi connectivity index (χ1n) is 6.69. The van der Waals surface area contributed by atoms with Gasteiger partial charge in [0.15, 0.2) is 0 Å². The van der Waals surface area contributed by atoms with E-state index in [2.05, 4.69) is 10.3 Å². The second-order valence-electron chi connectivity index (χ2n) is 4.83. The van der Waals surface area contributed by atoms with Crippen molar-refractivity contribution in [2.75, 3.05) is 12.4 Å². The number of nitrogens with one attached hydrogen (secondary N) is 1. The maximum absolute atomic E-state index is 13.4. The molecule has 6 heteroatoms. The normalized spacial score (nSPS) is 10.7. The molecule has 3 aromatic rings. The molecule has 1 N–H and O–H groups in total. The smallest absolute Gasteiger partial charge is 0.261 e. The van der Waals surface area contributed by atoms with Gasteiger partial charge in [-0.15, -0.1) is 0 Å². The van der Waals surface area contributed by atoms with Gasteiger partial charge in [0.25, 0.3) is 5.56 Å². The molecule has 0 fully saturated rings. The first-order chi connectivity index (χ1) is 10.6. The molecule has 22 heavy (non-hydrogen) atoms. The molecule has 1 heterocycles. The van der Waals surface area contributed by atoms with Crippen molar-refractivity contribution in [1.29, 1.82) is 0 Å². The molecule has 0 saturated heterocycles. The third kappa shape index (κ3) is 2.50. The Balaban J connectivity index is 2.01. The van der Waals surface area contributed by atoms with Crippen LogP contribution in [0.3, 0.4) is 0 Å². The van der Waals surface area contributed by atoms with Gasteiger partial charge in [-0.05, 0) is 30.3 Å². The fraction of sp³-hybridized carbons (Fsp3) is 0.125. The van der Waals surface area contributed by atoms with E-state index in [9.17, 15) is 9.18 Å². The number of hydrogen-bond donors (Lipinski definition) is 1. The Labute approximate surface area is 126 Å². The lowest BCUT2D eigenvalue weighted by Gasteiger charge is -2.09. The highest BCUT2D eigenvalue weighted by molar-refractivity contribution is 5.79. The summed E-state index contributed by atoms with van der Waals surface area (Å²) in [5, 5.41) is 3.22. The molecule has 112 valence electrons. The standard InChI is InChI=1S/C16H14FN3O2/c1-18-15-8-11(3-5-13(15)17)22-10-4-6-14-12(7-10)16(21)20(2)9-19-14/h3-9,18H,1-2H3. The maximum atomic E-state index is 13.4. The minimum atomic E-state index is -0.355. The molecule has 0 radical (unpaired) electrons. The zero-order chi connectivity index (χ0) is 15.7. The van der Waals surface area contributed by atoms with Crippen LogP contribution >= 0.6 is 0 Å². The summed E-state index contributed by atoms with van der Waals surface area (Å²) in [4.78, 5) is 16.3. The van der Waals surface area contributed by atoms with Crippen molar-refractivity contribution < 1.29 is 9.13 Å². The summed E-state index contributed by atoms with van der Waals surface area (Å²) in [5.74, 6) is 0.614. The number of rotatable bonds is 3. The second-order valence-corrected chi connectivity index (χ2v) is 4.83. The highest BCUT2D eigenvalue weighted by Crippen LogP contribution is 2.27.